The lowest BCUT2D eigenvalue weighted by Gasteiger charge is -2.34. The van der Waals surface area contributed by atoms with Gasteiger partial charge in [0.25, 0.3) is 0 Å². The molecule has 0 aromatic heterocycles. The van der Waals surface area contributed by atoms with Gasteiger partial charge in [0.15, 0.2) is 0 Å². The Morgan fingerprint density at radius 3 is 2.34 bits per heavy atom. The van der Waals surface area contributed by atoms with Gasteiger partial charge < -0.3 is 4.90 Å². The molecule has 1 aliphatic rings. The van der Waals surface area contributed by atoms with E-state index in [2.05, 4.69) is 12.1 Å². The molecule has 2 aromatic rings. The summed E-state index contributed by atoms with van der Waals surface area (Å²) in [5.41, 5.74) is 1.56. The van der Waals surface area contributed by atoms with E-state index in [9.17, 15) is 13.2 Å². The number of piperidine rings is 1. The summed E-state index contributed by atoms with van der Waals surface area (Å²) in [7, 11) is -3.68. The third-order valence-corrected chi connectivity index (χ3v) is 6.86. The van der Waals surface area contributed by atoms with Gasteiger partial charge in [-0.15, -0.1) is 0 Å². The highest BCUT2D eigenvalue weighted by molar-refractivity contribution is 7.92. The number of rotatable bonds is 6. The molecule has 29 heavy (non-hydrogen) atoms. The van der Waals surface area contributed by atoms with E-state index in [1.807, 2.05) is 18.2 Å². The van der Waals surface area contributed by atoms with Crippen LogP contribution in [-0.2, 0) is 21.2 Å². The Morgan fingerprint density at radius 1 is 1.10 bits per heavy atom. The fourth-order valence-electron chi connectivity index (χ4n) is 3.62. The average molecular weight is 455 g/mol. The number of carbonyl (C=O) groups excluding carboxylic acids is 1. The van der Waals surface area contributed by atoms with Gasteiger partial charge in [0.2, 0.25) is 15.9 Å². The quantitative estimate of drug-likeness (QED) is 0.655. The Kier molecular flexibility index (Phi) is 7.09. The molecular weight excluding hydrogens is 431 g/mol. The van der Waals surface area contributed by atoms with E-state index in [1.54, 1.807) is 11.0 Å². The molecule has 0 atom stereocenters. The predicted molar refractivity (Wildman–Crippen MR) is 118 cm³/mol. The molecule has 1 fully saturated rings. The van der Waals surface area contributed by atoms with Crippen LogP contribution in [0.15, 0.2) is 48.5 Å². The van der Waals surface area contributed by atoms with E-state index < -0.39 is 10.0 Å². The number of anilines is 1. The Balaban J connectivity index is 1.63. The summed E-state index contributed by atoms with van der Waals surface area (Å²) >= 11 is 12.1. The molecule has 3 rings (SSSR count). The summed E-state index contributed by atoms with van der Waals surface area (Å²) in [4.78, 5) is 14.6. The van der Waals surface area contributed by atoms with Crippen molar-refractivity contribution in [1.82, 2.24) is 4.90 Å². The van der Waals surface area contributed by atoms with E-state index >= 15 is 0 Å². The molecule has 0 unspecified atom stereocenters. The third kappa shape index (κ3) is 5.87. The average Bonchev–Trinajstić information content (AvgIpc) is 2.67. The largest absolute Gasteiger partial charge is 0.341 e. The molecule has 0 bridgehead atoms. The number of halogens is 2. The lowest BCUT2D eigenvalue weighted by molar-refractivity contribution is -0.130. The van der Waals surface area contributed by atoms with Gasteiger partial charge in [-0.2, -0.15) is 0 Å². The summed E-state index contributed by atoms with van der Waals surface area (Å²) in [5.74, 6) is 0.303. The molecule has 1 aliphatic heterocycles. The van der Waals surface area contributed by atoms with Gasteiger partial charge in [-0.1, -0.05) is 53.5 Å². The van der Waals surface area contributed by atoms with Crippen molar-refractivity contribution in [1.29, 1.82) is 0 Å². The first kappa shape index (κ1) is 21.9. The van der Waals surface area contributed by atoms with E-state index in [0.717, 1.165) is 29.8 Å². The standard InChI is InChI=1S/C21H24Cl2N2O3S/c1-29(27,28)25(20-8-7-18(22)14-19(20)23)15-21(26)24-11-9-17(10-12-24)13-16-5-3-2-4-6-16/h2-8,14,17H,9-13,15H2,1H3. The van der Waals surface area contributed by atoms with Crippen LogP contribution in [0.2, 0.25) is 10.0 Å². The van der Waals surface area contributed by atoms with Crippen molar-refractivity contribution in [2.24, 2.45) is 5.92 Å². The van der Waals surface area contributed by atoms with Gasteiger partial charge in [-0.05, 0) is 48.9 Å². The van der Waals surface area contributed by atoms with E-state index in [4.69, 9.17) is 23.2 Å². The van der Waals surface area contributed by atoms with Crippen LogP contribution in [0.5, 0.6) is 0 Å². The maximum Gasteiger partial charge on any atom is 0.243 e. The van der Waals surface area contributed by atoms with Crippen LogP contribution in [0, 0.1) is 5.92 Å². The summed E-state index contributed by atoms with van der Waals surface area (Å²) in [6.45, 7) is 0.980. The highest BCUT2D eigenvalue weighted by Gasteiger charge is 2.28. The Morgan fingerprint density at radius 2 is 1.76 bits per heavy atom. The minimum Gasteiger partial charge on any atom is -0.341 e. The van der Waals surface area contributed by atoms with Crippen molar-refractivity contribution in [3.8, 4) is 0 Å². The smallest absolute Gasteiger partial charge is 0.243 e. The van der Waals surface area contributed by atoms with E-state index in [-0.39, 0.29) is 23.2 Å². The molecule has 1 heterocycles. The molecule has 156 valence electrons. The third-order valence-electron chi connectivity index (χ3n) is 5.19. The number of amides is 1. The number of hydrogen-bond donors (Lipinski definition) is 0. The molecule has 1 amide bonds. The van der Waals surface area contributed by atoms with Crippen molar-refractivity contribution in [2.75, 3.05) is 30.2 Å². The first-order chi connectivity index (χ1) is 13.7. The molecule has 0 spiro atoms. The fraction of sp³-hybridized carbons (Fsp3) is 0.381. The zero-order valence-electron chi connectivity index (χ0n) is 16.2. The van der Waals surface area contributed by atoms with Crippen molar-refractivity contribution < 1.29 is 13.2 Å². The zero-order valence-corrected chi connectivity index (χ0v) is 18.6. The van der Waals surface area contributed by atoms with Crippen molar-refractivity contribution in [3.63, 3.8) is 0 Å². The van der Waals surface area contributed by atoms with Crippen LogP contribution in [0.1, 0.15) is 18.4 Å². The molecule has 0 aliphatic carbocycles. The summed E-state index contributed by atoms with van der Waals surface area (Å²) in [6.07, 6.45) is 3.87. The zero-order chi connectivity index (χ0) is 21.0. The summed E-state index contributed by atoms with van der Waals surface area (Å²) < 4.78 is 25.7. The minimum atomic E-state index is -3.68. The number of nitrogens with zero attached hydrogens (tertiary/aromatic N) is 2. The second kappa shape index (κ2) is 9.37. The molecule has 1 saturated heterocycles. The Bertz CT molecular complexity index is 959. The number of likely N-dealkylation sites (tertiary alicyclic amines) is 1. The molecule has 0 saturated carbocycles. The monoisotopic (exact) mass is 454 g/mol. The topological polar surface area (TPSA) is 57.7 Å². The molecule has 8 heteroatoms. The first-order valence-electron chi connectivity index (χ1n) is 9.48. The normalized spacial score (nSPS) is 15.3. The number of carbonyl (C=O) groups is 1. The molecule has 0 radical (unpaired) electrons. The number of hydrogen-bond acceptors (Lipinski definition) is 3. The Hall–Kier alpha value is -1.76. The maximum absolute atomic E-state index is 12.8. The van der Waals surface area contributed by atoms with Gasteiger partial charge in [0.05, 0.1) is 17.0 Å². The van der Waals surface area contributed by atoms with Crippen molar-refractivity contribution in [3.05, 3.63) is 64.1 Å². The predicted octanol–water partition coefficient (Wildman–Crippen LogP) is 4.24. The number of sulfonamides is 1. The SMILES string of the molecule is CS(=O)(=O)N(CC(=O)N1CCC(Cc2ccccc2)CC1)c1ccc(Cl)cc1Cl. The maximum atomic E-state index is 12.8. The van der Waals surface area contributed by atoms with Crippen LogP contribution in [0.4, 0.5) is 5.69 Å². The lowest BCUT2D eigenvalue weighted by atomic mass is 9.90. The second-order valence-corrected chi connectivity index (χ2v) is 10.1. The van der Waals surface area contributed by atoms with Crippen LogP contribution < -0.4 is 4.31 Å². The first-order valence-corrected chi connectivity index (χ1v) is 12.1. The van der Waals surface area contributed by atoms with E-state index in [0.29, 0.717) is 24.0 Å². The summed E-state index contributed by atoms with van der Waals surface area (Å²) in [6, 6.07) is 14.9. The lowest BCUT2D eigenvalue weighted by Crippen LogP contribution is -2.46. The highest BCUT2D eigenvalue weighted by atomic mass is 35.5. The van der Waals surface area contributed by atoms with Gasteiger partial charge in [-0.3, -0.25) is 9.10 Å². The molecular formula is C21H24Cl2N2O3S. The van der Waals surface area contributed by atoms with E-state index in [1.165, 1.54) is 17.7 Å². The van der Waals surface area contributed by atoms with Gasteiger partial charge in [-0.25, -0.2) is 8.42 Å². The van der Waals surface area contributed by atoms with Gasteiger partial charge in [0, 0.05) is 18.1 Å². The molecule has 2 aromatic carbocycles. The van der Waals surface area contributed by atoms with Crippen LogP contribution >= 0.6 is 23.2 Å². The van der Waals surface area contributed by atoms with Crippen LogP contribution in [0.3, 0.4) is 0 Å². The Labute approximate surface area is 182 Å². The van der Waals surface area contributed by atoms with Crippen LogP contribution in [0.25, 0.3) is 0 Å². The van der Waals surface area contributed by atoms with Crippen molar-refractivity contribution >= 4 is 44.8 Å². The van der Waals surface area contributed by atoms with Gasteiger partial charge in [0.1, 0.15) is 6.54 Å². The molecule has 0 N–H and O–H groups in total. The highest BCUT2D eigenvalue weighted by Crippen LogP contribution is 2.30. The van der Waals surface area contributed by atoms with Crippen LogP contribution in [-0.4, -0.2) is 45.1 Å². The van der Waals surface area contributed by atoms with Crippen molar-refractivity contribution in [2.45, 2.75) is 19.3 Å². The number of benzene rings is 2. The minimum absolute atomic E-state index is 0.192. The summed E-state index contributed by atoms with van der Waals surface area (Å²) in [5, 5.41) is 0.594. The second-order valence-electron chi connectivity index (χ2n) is 7.38. The fourth-order valence-corrected chi connectivity index (χ4v) is 5.04. The van der Waals surface area contributed by atoms with Gasteiger partial charge >= 0.3 is 0 Å². The molecule has 5 nitrogen and oxygen atoms in total.